The molecular formula is C20H24N2O5. The molecule has 1 aliphatic rings. The van der Waals surface area contributed by atoms with Crippen LogP contribution in [0, 0.1) is 0 Å². The maximum atomic E-state index is 13.0. The van der Waals surface area contributed by atoms with Crippen LogP contribution in [0.4, 0.5) is 0 Å². The van der Waals surface area contributed by atoms with E-state index >= 15 is 0 Å². The molecule has 0 atom stereocenters. The second-order valence-electron chi connectivity index (χ2n) is 6.45. The Hall–Kier alpha value is -2.80. The molecule has 0 unspecified atom stereocenters. The molecule has 7 nitrogen and oxygen atoms in total. The van der Waals surface area contributed by atoms with Gasteiger partial charge in [0.2, 0.25) is 5.75 Å². The summed E-state index contributed by atoms with van der Waals surface area (Å²) in [4.78, 5) is 18.9. The molecule has 1 aromatic carbocycles. The van der Waals surface area contributed by atoms with Gasteiger partial charge in [-0.3, -0.25) is 9.78 Å². The number of ether oxygens (including phenoxy) is 3. The quantitative estimate of drug-likeness (QED) is 0.867. The molecule has 27 heavy (non-hydrogen) atoms. The van der Waals surface area contributed by atoms with Crippen LogP contribution >= 0.6 is 0 Å². The first-order valence-electron chi connectivity index (χ1n) is 8.75. The second-order valence-corrected chi connectivity index (χ2v) is 6.45. The standard InChI is InChI=1S/C20H24N2O5/c1-25-15-12-14(13-16(26-2)18(15)27-3)19(23)22-10-7-20(24,8-11-22)17-6-4-5-9-21-17/h4-6,9,12-13,24H,7-8,10-11H2,1-3H3. The van der Waals surface area contributed by atoms with Gasteiger partial charge in [0.05, 0.1) is 27.0 Å². The lowest BCUT2D eigenvalue weighted by atomic mass is 9.87. The van der Waals surface area contributed by atoms with Gasteiger partial charge in [-0.1, -0.05) is 6.07 Å². The van der Waals surface area contributed by atoms with Crippen LogP contribution in [0.1, 0.15) is 28.9 Å². The van der Waals surface area contributed by atoms with Gasteiger partial charge in [0, 0.05) is 24.8 Å². The van der Waals surface area contributed by atoms with E-state index in [9.17, 15) is 9.90 Å². The Morgan fingerprint density at radius 2 is 1.70 bits per heavy atom. The number of carbonyl (C=O) groups is 1. The number of hydrogen-bond donors (Lipinski definition) is 1. The smallest absolute Gasteiger partial charge is 0.254 e. The maximum Gasteiger partial charge on any atom is 0.254 e. The predicted molar refractivity (Wildman–Crippen MR) is 99.4 cm³/mol. The molecule has 1 aromatic heterocycles. The van der Waals surface area contributed by atoms with Gasteiger partial charge in [-0.05, 0) is 37.1 Å². The molecule has 0 bridgehead atoms. The first kappa shape index (κ1) is 19.0. The maximum absolute atomic E-state index is 13.0. The Bertz CT molecular complexity index is 776. The molecule has 1 saturated heterocycles. The van der Waals surface area contributed by atoms with Crippen LogP contribution in [0.3, 0.4) is 0 Å². The lowest BCUT2D eigenvalue weighted by Crippen LogP contribution is -2.45. The number of carbonyl (C=O) groups excluding carboxylic acids is 1. The van der Waals surface area contributed by atoms with Crippen molar-refractivity contribution in [2.24, 2.45) is 0 Å². The molecule has 1 N–H and O–H groups in total. The number of rotatable bonds is 5. The van der Waals surface area contributed by atoms with Crippen LogP contribution in [-0.4, -0.2) is 55.3 Å². The van der Waals surface area contributed by atoms with E-state index in [1.54, 1.807) is 23.2 Å². The lowest BCUT2D eigenvalue weighted by molar-refractivity contribution is -0.0244. The SMILES string of the molecule is COc1cc(C(=O)N2CCC(O)(c3ccccn3)CC2)cc(OC)c1OC. The number of nitrogens with zero attached hydrogens (tertiary/aromatic N) is 2. The van der Waals surface area contributed by atoms with Crippen molar-refractivity contribution in [1.82, 2.24) is 9.88 Å². The summed E-state index contributed by atoms with van der Waals surface area (Å²) in [5.74, 6) is 1.17. The number of amides is 1. The third-order valence-electron chi connectivity index (χ3n) is 4.93. The minimum absolute atomic E-state index is 0.141. The minimum Gasteiger partial charge on any atom is -0.493 e. The molecule has 0 saturated carbocycles. The van der Waals surface area contributed by atoms with Gasteiger partial charge in [-0.2, -0.15) is 0 Å². The Labute approximate surface area is 158 Å². The summed E-state index contributed by atoms with van der Waals surface area (Å²) in [5, 5.41) is 10.9. The number of aromatic nitrogens is 1. The zero-order valence-electron chi connectivity index (χ0n) is 15.8. The van der Waals surface area contributed by atoms with Crippen molar-refractivity contribution in [3.05, 3.63) is 47.8 Å². The Morgan fingerprint density at radius 1 is 1.07 bits per heavy atom. The van der Waals surface area contributed by atoms with Crippen LogP contribution in [0.5, 0.6) is 17.2 Å². The summed E-state index contributed by atoms with van der Waals surface area (Å²) in [5.41, 5.74) is 0.0884. The number of methoxy groups -OCH3 is 3. The highest BCUT2D eigenvalue weighted by molar-refractivity contribution is 5.95. The second kappa shape index (κ2) is 7.84. The Kier molecular flexibility index (Phi) is 5.51. The molecule has 144 valence electrons. The molecular weight excluding hydrogens is 348 g/mol. The molecule has 2 heterocycles. The van der Waals surface area contributed by atoms with Crippen molar-refractivity contribution in [3.63, 3.8) is 0 Å². The third-order valence-corrected chi connectivity index (χ3v) is 4.93. The van der Waals surface area contributed by atoms with E-state index in [2.05, 4.69) is 4.98 Å². The first-order valence-corrected chi connectivity index (χ1v) is 8.75. The molecule has 1 aliphatic heterocycles. The van der Waals surface area contributed by atoms with Crippen molar-refractivity contribution in [2.45, 2.75) is 18.4 Å². The molecule has 7 heteroatoms. The minimum atomic E-state index is -1.01. The number of likely N-dealkylation sites (tertiary alicyclic amines) is 1. The van der Waals surface area contributed by atoms with Gasteiger partial charge in [-0.15, -0.1) is 0 Å². The average molecular weight is 372 g/mol. The number of piperidine rings is 1. The van der Waals surface area contributed by atoms with Gasteiger partial charge in [0.1, 0.15) is 5.60 Å². The zero-order valence-corrected chi connectivity index (χ0v) is 15.8. The third kappa shape index (κ3) is 3.68. The fourth-order valence-electron chi connectivity index (χ4n) is 3.36. The van der Waals surface area contributed by atoms with Crippen LogP contribution in [0.25, 0.3) is 0 Å². The van der Waals surface area contributed by atoms with Crippen LogP contribution < -0.4 is 14.2 Å². The number of benzene rings is 1. The average Bonchev–Trinajstić information content (AvgIpc) is 2.73. The molecule has 2 aromatic rings. The van der Waals surface area contributed by atoms with E-state index in [-0.39, 0.29) is 5.91 Å². The van der Waals surface area contributed by atoms with E-state index in [1.807, 2.05) is 18.2 Å². The van der Waals surface area contributed by atoms with E-state index in [4.69, 9.17) is 14.2 Å². The number of aliphatic hydroxyl groups is 1. The van der Waals surface area contributed by atoms with Gasteiger partial charge in [0.25, 0.3) is 5.91 Å². The van der Waals surface area contributed by atoms with Crippen molar-refractivity contribution >= 4 is 5.91 Å². The highest BCUT2D eigenvalue weighted by atomic mass is 16.5. The summed E-state index contributed by atoms with van der Waals surface area (Å²) in [6, 6.07) is 8.77. The first-order chi connectivity index (χ1) is 13.0. The Morgan fingerprint density at radius 3 is 2.19 bits per heavy atom. The summed E-state index contributed by atoms with van der Waals surface area (Å²) in [6.45, 7) is 0.866. The lowest BCUT2D eigenvalue weighted by Gasteiger charge is -2.37. The normalized spacial score (nSPS) is 15.9. The van der Waals surface area contributed by atoms with Gasteiger partial charge in [0.15, 0.2) is 11.5 Å². The van der Waals surface area contributed by atoms with Crippen LogP contribution in [-0.2, 0) is 5.60 Å². The monoisotopic (exact) mass is 372 g/mol. The van der Waals surface area contributed by atoms with E-state index in [1.165, 1.54) is 21.3 Å². The van der Waals surface area contributed by atoms with Crippen molar-refractivity contribution in [3.8, 4) is 17.2 Å². The summed E-state index contributed by atoms with van der Waals surface area (Å²) in [7, 11) is 4.55. The Balaban J connectivity index is 1.78. The van der Waals surface area contributed by atoms with Crippen molar-refractivity contribution < 1.29 is 24.1 Å². The molecule has 1 amide bonds. The summed E-state index contributed by atoms with van der Waals surface area (Å²) < 4.78 is 15.9. The zero-order chi connectivity index (χ0) is 19.4. The number of pyridine rings is 1. The van der Waals surface area contributed by atoms with Crippen LogP contribution in [0.2, 0.25) is 0 Å². The fraction of sp³-hybridized carbons (Fsp3) is 0.400. The largest absolute Gasteiger partial charge is 0.493 e. The summed E-state index contributed by atoms with van der Waals surface area (Å²) in [6.07, 6.45) is 2.53. The van der Waals surface area contributed by atoms with Gasteiger partial charge in [-0.25, -0.2) is 0 Å². The number of hydrogen-bond acceptors (Lipinski definition) is 6. The summed E-state index contributed by atoms with van der Waals surface area (Å²) >= 11 is 0. The molecule has 3 rings (SSSR count). The van der Waals surface area contributed by atoms with Crippen LogP contribution in [0.15, 0.2) is 36.5 Å². The molecule has 0 aliphatic carbocycles. The molecule has 1 fully saturated rings. The molecule has 0 spiro atoms. The highest BCUT2D eigenvalue weighted by Gasteiger charge is 2.37. The van der Waals surface area contributed by atoms with Gasteiger partial charge < -0.3 is 24.2 Å². The van der Waals surface area contributed by atoms with E-state index in [0.29, 0.717) is 54.4 Å². The molecule has 0 radical (unpaired) electrons. The topological polar surface area (TPSA) is 81.1 Å². The van der Waals surface area contributed by atoms with Crippen molar-refractivity contribution in [2.75, 3.05) is 34.4 Å². The fourth-order valence-corrected chi connectivity index (χ4v) is 3.36. The highest BCUT2D eigenvalue weighted by Crippen LogP contribution is 2.39. The van der Waals surface area contributed by atoms with E-state index < -0.39 is 5.60 Å². The van der Waals surface area contributed by atoms with Gasteiger partial charge >= 0.3 is 0 Å². The van der Waals surface area contributed by atoms with E-state index in [0.717, 1.165) is 0 Å². The van der Waals surface area contributed by atoms with Crippen molar-refractivity contribution in [1.29, 1.82) is 0 Å². The predicted octanol–water partition coefficient (Wildman–Crippen LogP) is 2.23.